The van der Waals surface area contributed by atoms with Crippen LogP contribution < -0.4 is 5.32 Å². The van der Waals surface area contributed by atoms with Crippen LogP contribution in [-0.2, 0) is 19.6 Å². The molecular formula is C21H24N6O4S2. The third kappa shape index (κ3) is 5.24. The average Bonchev–Trinajstić information content (AvgIpc) is 3.29. The van der Waals surface area contributed by atoms with Crippen LogP contribution in [0.4, 0.5) is 5.69 Å². The minimum absolute atomic E-state index is 0.176. The van der Waals surface area contributed by atoms with Gasteiger partial charge in [0.05, 0.1) is 29.0 Å². The van der Waals surface area contributed by atoms with Crippen LogP contribution in [0.1, 0.15) is 12.5 Å². The van der Waals surface area contributed by atoms with Gasteiger partial charge in [0.25, 0.3) is 0 Å². The number of hydrogen-bond donors (Lipinski definition) is 1. The number of carbonyl (C=O) groups excluding carboxylic acids is 1. The van der Waals surface area contributed by atoms with E-state index in [1.807, 2.05) is 30.3 Å². The lowest BCUT2D eigenvalue weighted by Gasteiger charge is -2.27. The van der Waals surface area contributed by atoms with Crippen LogP contribution >= 0.6 is 11.8 Å². The van der Waals surface area contributed by atoms with E-state index in [-0.39, 0.29) is 10.8 Å². The van der Waals surface area contributed by atoms with E-state index in [0.717, 1.165) is 5.69 Å². The molecule has 1 saturated heterocycles. The van der Waals surface area contributed by atoms with Gasteiger partial charge in [-0.15, -0.1) is 5.10 Å². The van der Waals surface area contributed by atoms with E-state index >= 15 is 0 Å². The summed E-state index contributed by atoms with van der Waals surface area (Å²) in [5.74, 6) is -0.291. The second-order valence-electron chi connectivity index (χ2n) is 7.45. The zero-order valence-electron chi connectivity index (χ0n) is 18.2. The summed E-state index contributed by atoms with van der Waals surface area (Å²) >= 11 is 1.21. The number of hydrogen-bond acceptors (Lipinski definition) is 8. The van der Waals surface area contributed by atoms with Gasteiger partial charge in [0.1, 0.15) is 0 Å². The van der Waals surface area contributed by atoms with Crippen LogP contribution in [0, 0.1) is 6.92 Å². The van der Waals surface area contributed by atoms with Crippen molar-refractivity contribution in [3.8, 4) is 5.69 Å². The maximum atomic E-state index is 13.1. The molecule has 10 nitrogen and oxygen atoms in total. The number of aryl methyl sites for hydroxylation is 1. The molecule has 33 heavy (non-hydrogen) atoms. The molecule has 0 bridgehead atoms. The quantitative estimate of drug-likeness (QED) is 0.502. The monoisotopic (exact) mass is 488 g/mol. The van der Waals surface area contributed by atoms with Crippen LogP contribution in [0.5, 0.6) is 0 Å². The molecule has 3 aromatic rings. The molecule has 1 amide bonds. The molecule has 2 aromatic carbocycles. The number of sulfonamides is 1. The summed E-state index contributed by atoms with van der Waals surface area (Å²) < 4.78 is 34.4. The Morgan fingerprint density at radius 3 is 2.61 bits per heavy atom. The van der Waals surface area contributed by atoms with Crippen LogP contribution in [0.3, 0.4) is 0 Å². The van der Waals surface area contributed by atoms with Gasteiger partial charge in [-0.05, 0) is 54.1 Å². The number of thioether (sulfide) groups is 1. The fraction of sp³-hybridized carbons (Fsp3) is 0.333. The molecule has 0 saturated carbocycles. The molecular weight excluding hydrogens is 464 g/mol. The van der Waals surface area contributed by atoms with Crippen LogP contribution in [-0.4, -0.2) is 70.4 Å². The molecule has 1 fully saturated rings. The summed E-state index contributed by atoms with van der Waals surface area (Å²) in [6, 6.07) is 14.3. The van der Waals surface area contributed by atoms with Crippen molar-refractivity contribution in [1.29, 1.82) is 0 Å². The smallest absolute Gasteiger partial charge is 0.243 e. The Balaban J connectivity index is 1.48. The summed E-state index contributed by atoms with van der Waals surface area (Å²) in [6.45, 7) is 4.83. The Morgan fingerprint density at radius 1 is 1.15 bits per heavy atom. The van der Waals surface area contributed by atoms with Gasteiger partial charge in [-0.2, -0.15) is 8.99 Å². The maximum Gasteiger partial charge on any atom is 0.243 e. The second kappa shape index (κ2) is 10.00. The normalized spacial score (nSPS) is 15.8. The maximum absolute atomic E-state index is 13.1. The van der Waals surface area contributed by atoms with Crippen molar-refractivity contribution in [2.24, 2.45) is 0 Å². The molecule has 1 aliphatic heterocycles. The summed E-state index contributed by atoms with van der Waals surface area (Å²) in [5, 5.41) is 14.5. The fourth-order valence-corrected chi connectivity index (χ4v) is 5.79. The molecule has 1 atom stereocenters. The minimum Gasteiger partial charge on any atom is -0.379 e. The molecule has 0 spiro atoms. The molecule has 1 aliphatic rings. The van der Waals surface area contributed by atoms with Crippen molar-refractivity contribution < 1.29 is 17.9 Å². The van der Waals surface area contributed by atoms with Crippen LogP contribution in [0.15, 0.2) is 58.6 Å². The third-order valence-electron chi connectivity index (χ3n) is 5.14. The highest BCUT2D eigenvalue weighted by atomic mass is 32.2. The number of tetrazole rings is 1. The third-order valence-corrected chi connectivity index (χ3v) is 8.21. The van der Waals surface area contributed by atoms with E-state index in [1.54, 1.807) is 30.7 Å². The first-order valence-corrected chi connectivity index (χ1v) is 12.7. The molecule has 174 valence electrons. The van der Waals surface area contributed by atoms with Gasteiger partial charge in [-0.3, -0.25) is 4.79 Å². The number of morpholine rings is 1. The molecule has 2 heterocycles. The van der Waals surface area contributed by atoms with E-state index in [4.69, 9.17) is 4.74 Å². The number of nitrogens with zero attached hydrogens (tertiary/aromatic N) is 5. The first-order chi connectivity index (χ1) is 15.9. The SMILES string of the molecule is Cc1ccc(NC(=O)[C@@H](C)Sc2nnnn2-c2ccccc2)cc1S(=O)(=O)N1CCOCC1. The van der Waals surface area contributed by atoms with Crippen molar-refractivity contribution in [1.82, 2.24) is 24.5 Å². The first-order valence-electron chi connectivity index (χ1n) is 10.4. The highest BCUT2D eigenvalue weighted by Gasteiger charge is 2.28. The van der Waals surface area contributed by atoms with Gasteiger partial charge < -0.3 is 10.1 Å². The predicted molar refractivity (Wildman–Crippen MR) is 124 cm³/mol. The number of rotatable bonds is 7. The molecule has 1 aromatic heterocycles. The number of anilines is 1. The number of ether oxygens (including phenoxy) is 1. The lowest BCUT2D eigenvalue weighted by molar-refractivity contribution is -0.115. The molecule has 4 rings (SSSR count). The van der Waals surface area contributed by atoms with Gasteiger partial charge >= 0.3 is 0 Å². The molecule has 0 aliphatic carbocycles. The molecule has 0 unspecified atom stereocenters. The summed E-state index contributed by atoms with van der Waals surface area (Å²) in [6.07, 6.45) is 0. The van der Waals surface area contributed by atoms with Crippen LogP contribution in [0.25, 0.3) is 5.69 Å². The largest absolute Gasteiger partial charge is 0.379 e. The van der Waals surface area contributed by atoms with Gasteiger partial charge in [-0.1, -0.05) is 36.0 Å². The van der Waals surface area contributed by atoms with Gasteiger partial charge in [0, 0.05) is 18.8 Å². The topological polar surface area (TPSA) is 119 Å². The van der Waals surface area contributed by atoms with Crippen molar-refractivity contribution in [3.05, 3.63) is 54.1 Å². The number of para-hydroxylation sites is 1. The fourth-order valence-electron chi connectivity index (χ4n) is 3.32. The number of aromatic nitrogens is 4. The van der Waals surface area contributed by atoms with Gasteiger partial charge in [0.15, 0.2) is 0 Å². The zero-order valence-corrected chi connectivity index (χ0v) is 19.8. The number of benzene rings is 2. The van der Waals surface area contributed by atoms with Crippen molar-refractivity contribution in [2.45, 2.75) is 29.1 Å². The van der Waals surface area contributed by atoms with Crippen molar-refractivity contribution in [3.63, 3.8) is 0 Å². The van der Waals surface area contributed by atoms with Gasteiger partial charge in [0.2, 0.25) is 21.1 Å². The summed E-state index contributed by atoms with van der Waals surface area (Å²) in [7, 11) is -3.68. The standard InChI is InChI=1S/C21H24N6O4S2/c1-15-8-9-17(14-19(15)33(29,30)26-10-12-31-13-11-26)22-20(28)16(2)32-21-23-24-25-27(21)18-6-4-3-5-7-18/h3-9,14,16H,10-13H2,1-2H3,(H,22,28)/t16-/m1/s1. The number of carbonyl (C=O) groups is 1. The Labute approximate surface area is 196 Å². The van der Waals surface area contributed by atoms with Gasteiger partial charge in [-0.25, -0.2) is 8.42 Å². The highest BCUT2D eigenvalue weighted by Crippen LogP contribution is 2.27. The Hall–Kier alpha value is -2.80. The number of nitrogens with one attached hydrogen (secondary N) is 1. The Kier molecular flexibility index (Phi) is 7.08. The summed E-state index contributed by atoms with van der Waals surface area (Å²) in [5.41, 5.74) is 1.81. The van der Waals surface area contributed by atoms with E-state index in [0.29, 0.717) is 42.7 Å². The van der Waals surface area contributed by atoms with Crippen molar-refractivity contribution >= 4 is 33.4 Å². The highest BCUT2D eigenvalue weighted by molar-refractivity contribution is 8.00. The second-order valence-corrected chi connectivity index (χ2v) is 10.7. The van der Waals surface area contributed by atoms with Crippen molar-refractivity contribution in [2.75, 3.05) is 31.6 Å². The first kappa shape index (κ1) is 23.4. The molecule has 12 heteroatoms. The summed E-state index contributed by atoms with van der Waals surface area (Å²) in [4.78, 5) is 13.0. The Bertz CT molecular complexity index is 1230. The van der Waals surface area contributed by atoms with E-state index in [2.05, 4.69) is 20.8 Å². The van der Waals surface area contributed by atoms with E-state index in [1.165, 1.54) is 22.1 Å². The minimum atomic E-state index is -3.68. The lowest BCUT2D eigenvalue weighted by atomic mass is 10.2. The molecule has 1 N–H and O–H groups in total. The lowest BCUT2D eigenvalue weighted by Crippen LogP contribution is -2.40. The Morgan fingerprint density at radius 2 is 1.88 bits per heavy atom. The van der Waals surface area contributed by atoms with E-state index in [9.17, 15) is 13.2 Å². The zero-order chi connectivity index (χ0) is 23.4. The number of amides is 1. The van der Waals surface area contributed by atoms with E-state index < -0.39 is 15.3 Å². The predicted octanol–water partition coefficient (Wildman–Crippen LogP) is 2.11. The average molecular weight is 489 g/mol. The van der Waals surface area contributed by atoms with Crippen LogP contribution in [0.2, 0.25) is 0 Å². The molecule has 0 radical (unpaired) electrons.